The van der Waals surface area contributed by atoms with Crippen LogP contribution in [0.4, 0.5) is 0 Å². The zero-order valence-corrected chi connectivity index (χ0v) is 62.8. The van der Waals surface area contributed by atoms with E-state index in [1.54, 1.807) is 13.8 Å². The molecule has 38 heteroatoms. The smallest absolute Gasteiger partial charge is 0.328 e. The summed E-state index contributed by atoms with van der Waals surface area (Å²) in [5, 5.41) is 65.8. The van der Waals surface area contributed by atoms with Gasteiger partial charge in [0.05, 0.1) is 18.8 Å². The van der Waals surface area contributed by atoms with Crippen LogP contribution < -0.4 is 99.0 Å². The molecule has 0 saturated carbocycles. The number of carboxylic acid groups (broad SMARTS) is 2. The molecule has 2 heterocycles. The van der Waals surface area contributed by atoms with Crippen molar-refractivity contribution in [2.24, 2.45) is 51.8 Å². The lowest BCUT2D eigenvalue weighted by molar-refractivity contribution is -0.144. The van der Waals surface area contributed by atoms with Gasteiger partial charge in [-0.2, -0.15) is 0 Å². The van der Waals surface area contributed by atoms with E-state index in [-0.39, 0.29) is 123 Å². The van der Waals surface area contributed by atoms with Crippen LogP contribution in [0.15, 0.2) is 0 Å². The van der Waals surface area contributed by atoms with Crippen molar-refractivity contribution >= 4 is 82.8 Å². The van der Waals surface area contributed by atoms with Crippen LogP contribution >= 0.6 is 0 Å². The summed E-state index contributed by atoms with van der Waals surface area (Å²) in [6.45, 7) is 5.34. The highest BCUT2D eigenvalue weighted by atomic mass is 16.4. The lowest BCUT2D eigenvalue weighted by atomic mass is 10.0. The van der Waals surface area contributed by atoms with Gasteiger partial charge in [0.2, 0.25) is 70.9 Å². The number of aliphatic hydroxyl groups excluding tert-OH is 2. The Morgan fingerprint density at radius 1 is 0.364 bits per heavy atom. The van der Waals surface area contributed by atoms with Crippen molar-refractivity contribution in [3.63, 3.8) is 0 Å². The van der Waals surface area contributed by atoms with Gasteiger partial charge in [-0.25, -0.2) is 4.79 Å². The summed E-state index contributed by atoms with van der Waals surface area (Å²) >= 11 is 0. The molecule has 0 aromatic rings. The first-order valence-electron chi connectivity index (χ1n) is 38.0. The molecule has 0 bridgehead atoms. The largest absolute Gasteiger partial charge is 0.481 e. The zero-order valence-electron chi connectivity index (χ0n) is 62.8. The van der Waals surface area contributed by atoms with Gasteiger partial charge >= 0.3 is 11.9 Å². The molecule has 30 N–H and O–H groups in total. The normalized spacial score (nSPS) is 17.6. The molecule has 0 aromatic carbocycles. The van der Waals surface area contributed by atoms with Crippen molar-refractivity contribution in [3.05, 3.63) is 0 Å². The van der Waals surface area contributed by atoms with Gasteiger partial charge in [-0.1, -0.05) is 20.3 Å². The maximum atomic E-state index is 14.9. The monoisotopic (exact) mass is 1520 g/mol. The number of nitrogens with one attached hydrogen (secondary N) is 10. The van der Waals surface area contributed by atoms with Gasteiger partial charge in [0, 0.05) is 19.5 Å². The molecule has 612 valence electrons. The highest BCUT2D eigenvalue weighted by Gasteiger charge is 2.44. The minimum atomic E-state index is -1.68. The zero-order chi connectivity index (χ0) is 80.1. The van der Waals surface area contributed by atoms with Crippen LogP contribution in [0, 0.1) is 5.92 Å². The lowest BCUT2D eigenvalue weighted by Crippen LogP contribution is -2.61. The van der Waals surface area contributed by atoms with Crippen molar-refractivity contribution in [1.29, 1.82) is 0 Å². The minimum absolute atomic E-state index is 0.0180. The van der Waals surface area contributed by atoms with Gasteiger partial charge in [-0.15, -0.1) is 0 Å². The van der Waals surface area contributed by atoms with E-state index in [9.17, 15) is 87.5 Å². The molecule has 0 unspecified atom stereocenters. The third-order valence-electron chi connectivity index (χ3n) is 18.8. The SMILES string of the molecule is CC(C)[C@H](NC(=O)[C@@H]1CCCN1C(=O)[C@@H](NC(=O)[C@@H](N)CCCCN)[C@@H](C)O)C(=O)N[C@@H](CCC(=O)O)C(=O)N[C@@H](CCCCN)C(=O)N[C@@H](CCCCN)C(=O)N[C@@H](CCCCN)C(=O)N1CCC[C@H]1C(=O)N[C@@H](CCCCN)C(=O)N[C@@H](CCCCN)C(=O)N[C@@H](CCCCN)C(=O)N[C@@H](CO)C(=O)O. The molecule has 0 radical (unpaired) electrons. The van der Waals surface area contributed by atoms with Crippen LogP contribution in [0.5, 0.6) is 0 Å². The highest BCUT2D eigenvalue weighted by molar-refractivity contribution is 6.00. The molecule has 38 nitrogen and oxygen atoms in total. The fraction of sp³-hybridized carbons (Fsp3) is 0.797. The summed E-state index contributed by atoms with van der Waals surface area (Å²) in [7, 11) is 0. The Labute approximate surface area is 627 Å². The van der Waals surface area contributed by atoms with Gasteiger partial charge in [0.1, 0.15) is 72.5 Å². The molecule has 2 fully saturated rings. The van der Waals surface area contributed by atoms with Crippen molar-refractivity contribution in [1.82, 2.24) is 63.0 Å². The second-order valence-electron chi connectivity index (χ2n) is 27.9. The number of unbranched alkanes of at least 4 members (excludes halogenated alkanes) is 7. The Hall–Kier alpha value is -7.82. The summed E-state index contributed by atoms with van der Waals surface area (Å²) in [5.74, 6) is -13.3. The van der Waals surface area contributed by atoms with Crippen molar-refractivity contribution in [3.8, 4) is 0 Å². The summed E-state index contributed by atoms with van der Waals surface area (Å²) in [6, 6.07) is -17.6. The second-order valence-corrected chi connectivity index (χ2v) is 27.9. The van der Waals surface area contributed by atoms with E-state index in [1.807, 2.05) is 0 Å². The topological polar surface area (TPSA) is 655 Å². The average Bonchev–Trinajstić information content (AvgIpc) is 1.74. The Morgan fingerprint density at radius 3 is 1.01 bits per heavy atom. The predicted molar refractivity (Wildman–Crippen MR) is 395 cm³/mol. The number of nitrogens with two attached hydrogens (primary N) is 8. The first kappa shape index (κ1) is 95.3. The van der Waals surface area contributed by atoms with E-state index >= 15 is 0 Å². The maximum absolute atomic E-state index is 14.9. The number of carboxylic acids is 2. The Kier molecular flexibility index (Phi) is 47.2. The number of aliphatic carboxylic acids is 2. The van der Waals surface area contributed by atoms with E-state index < -0.39 is 193 Å². The molecule has 12 amide bonds. The quantitative estimate of drug-likeness (QED) is 0.0252. The number of likely N-dealkylation sites (tertiary alicyclic amines) is 2. The molecule has 0 spiro atoms. The predicted octanol–water partition coefficient (Wildman–Crippen LogP) is -5.97. The third-order valence-corrected chi connectivity index (χ3v) is 18.8. The number of aliphatic hydroxyl groups is 2. The van der Waals surface area contributed by atoms with Crippen molar-refractivity contribution < 1.29 is 87.5 Å². The highest BCUT2D eigenvalue weighted by Crippen LogP contribution is 2.23. The number of rotatable bonds is 57. The standard InChI is InChI=1S/C69H128N20O18/c1-41(2)55(86-65(102)53-28-19-39-89(53)68(105)56(42(3)91)87-57(94)43(77)20-4-11-31-70)66(103)83-49(29-30-54(92)93)63(100)81-45(22-6-13-33-72)59(96)79-46(23-7-14-34-73)61(98)84-50(26-10-17-37-76)67(104)88-38-18-27-52(88)64(101)82-48(25-9-16-36-75)60(97)78-44(21-5-12-32-71)58(95)80-47(24-8-15-35-74)62(99)85-51(40-90)69(106)107/h41-53,55-56,90-91H,4-40,70-77H2,1-3H3,(H,78,97)(H,79,96)(H,80,95)(H,81,100)(H,82,101)(H,83,103)(H,84,98)(H,85,99)(H,86,102)(H,87,94)(H,92,93)(H,106,107)/t42-,43+,44+,45+,46+,47+,48+,49+,50+,51+,52+,53+,55+,56+/m1/s1. The van der Waals surface area contributed by atoms with Crippen LogP contribution in [-0.2, 0) is 67.1 Å². The molecule has 2 aliphatic heterocycles. The molecule has 2 rings (SSSR count). The van der Waals surface area contributed by atoms with Crippen LogP contribution in [0.25, 0.3) is 0 Å². The van der Waals surface area contributed by atoms with Crippen molar-refractivity contribution in [2.75, 3.05) is 65.5 Å². The molecule has 107 heavy (non-hydrogen) atoms. The summed E-state index contributed by atoms with van der Waals surface area (Å²) < 4.78 is 0. The number of carbonyl (C=O) groups is 14. The van der Waals surface area contributed by atoms with Gasteiger partial charge in [0.25, 0.3) is 0 Å². The van der Waals surface area contributed by atoms with Gasteiger partial charge in [0.15, 0.2) is 0 Å². The fourth-order valence-electron chi connectivity index (χ4n) is 12.5. The Balaban J connectivity index is 2.50. The number of amides is 12. The molecule has 0 aliphatic carbocycles. The average molecular weight is 1530 g/mol. The first-order chi connectivity index (χ1) is 51.0. The van der Waals surface area contributed by atoms with E-state index in [0.29, 0.717) is 96.4 Å². The van der Waals surface area contributed by atoms with Crippen LogP contribution in [-0.4, -0.2) is 263 Å². The first-order valence-corrected chi connectivity index (χ1v) is 38.0. The maximum Gasteiger partial charge on any atom is 0.328 e. The number of hydrogen-bond acceptors (Lipinski definition) is 24. The van der Waals surface area contributed by atoms with E-state index in [1.165, 1.54) is 16.7 Å². The number of nitrogens with zero attached hydrogens (tertiary/aromatic N) is 2. The fourth-order valence-corrected chi connectivity index (χ4v) is 12.5. The van der Waals surface area contributed by atoms with Gasteiger partial charge in [-0.05, 0) is 219 Å². The molecule has 2 aliphatic rings. The van der Waals surface area contributed by atoms with Crippen LogP contribution in [0.2, 0.25) is 0 Å². The molecule has 2 saturated heterocycles. The summed E-state index contributed by atoms with van der Waals surface area (Å²) in [4.78, 5) is 197. The lowest BCUT2D eigenvalue weighted by Gasteiger charge is -2.32. The molecule has 14 atom stereocenters. The second kappa shape index (κ2) is 53.1. The Morgan fingerprint density at radius 2 is 0.673 bits per heavy atom. The molecular weight excluding hydrogens is 1400 g/mol. The van der Waals surface area contributed by atoms with Gasteiger partial charge in [-0.3, -0.25) is 62.3 Å². The molecule has 0 aromatic heterocycles. The van der Waals surface area contributed by atoms with E-state index in [0.717, 1.165) is 0 Å². The van der Waals surface area contributed by atoms with E-state index in [4.69, 9.17) is 45.9 Å². The van der Waals surface area contributed by atoms with Crippen LogP contribution in [0.1, 0.15) is 194 Å². The summed E-state index contributed by atoms with van der Waals surface area (Å²) in [5.41, 5.74) is 46.5. The minimum Gasteiger partial charge on any atom is -0.481 e. The van der Waals surface area contributed by atoms with E-state index in [2.05, 4.69) is 53.2 Å². The van der Waals surface area contributed by atoms with Gasteiger partial charge < -0.3 is 129 Å². The number of hydrogen-bond donors (Lipinski definition) is 22. The number of carbonyl (C=O) groups excluding carboxylic acids is 12. The Bertz CT molecular complexity index is 2810. The third kappa shape index (κ3) is 34.5. The summed E-state index contributed by atoms with van der Waals surface area (Å²) in [6.07, 6.45) is 4.11. The van der Waals surface area contributed by atoms with Crippen molar-refractivity contribution in [2.45, 2.75) is 279 Å². The molecular formula is C69H128N20O18. The van der Waals surface area contributed by atoms with Crippen LogP contribution in [0.3, 0.4) is 0 Å².